The number of likely N-dealkylation sites (tertiary alicyclic amines) is 1. The number of aryl methyl sites for hydroxylation is 2. The average molecular weight is 389 g/mol. The molecule has 4 rings (SSSR count). The number of pyridine rings is 3. The molecule has 3 aromatic rings. The fourth-order valence-corrected chi connectivity index (χ4v) is 3.29. The van der Waals surface area contributed by atoms with Gasteiger partial charge in [0.1, 0.15) is 23.4 Å². The highest BCUT2D eigenvalue weighted by molar-refractivity contribution is 5.97. The molecule has 0 saturated carbocycles. The zero-order chi connectivity index (χ0) is 20.5. The van der Waals surface area contributed by atoms with Crippen molar-refractivity contribution in [1.82, 2.24) is 19.4 Å². The van der Waals surface area contributed by atoms with Crippen molar-refractivity contribution in [1.29, 1.82) is 5.26 Å². The van der Waals surface area contributed by atoms with Gasteiger partial charge < -0.3 is 14.2 Å². The van der Waals surface area contributed by atoms with E-state index in [1.807, 2.05) is 24.5 Å². The van der Waals surface area contributed by atoms with Crippen LogP contribution in [-0.2, 0) is 6.54 Å². The Morgan fingerprint density at radius 1 is 1.31 bits per heavy atom. The number of aromatic nitrogens is 3. The lowest BCUT2D eigenvalue weighted by atomic mass is 10.1. The maximum atomic E-state index is 12.9. The van der Waals surface area contributed by atoms with Gasteiger partial charge in [0.05, 0.1) is 24.0 Å². The number of hydrogen-bond acceptors (Lipinski definition) is 6. The normalized spacial score (nSPS) is 13.8. The number of amides is 1. The van der Waals surface area contributed by atoms with Gasteiger partial charge in [0.2, 0.25) is 11.3 Å². The van der Waals surface area contributed by atoms with Crippen LogP contribution in [0.1, 0.15) is 28.5 Å². The zero-order valence-corrected chi connectivity index (χ0v) is 16.1. The molecular formula is C21H19N5O3. The van der Waals surface area contributed by atoms with Crippen LogP contribution in [0.25, 0.3) is 11.0 Å². The summed E-state index contributed by atoms with van der Waals surface area (Å²) >= 11 is 0. The average Bonchev–Trinajstić information content (AvgIpc) is 2.70. The Morgan fingerprint density at radius 3 is 2.76 bits per heavy atom. The third kappa shape index (κ3) is 3.43. The van der Waals surface area contributed by atoms with E-state index in [9.17, 15) is 9.59 Å². The SMILES string of the molecule is CCn1cc(C(=O)N2CC(Oc3ccc(C#N)cn3)C2)c(=O)c2ccc(C)nc21. The molecule has 8 nitrogen and oxygen atoms in total. The van der Waals surface area contributed by atoms with Crippen molar-refractivity contribution in [3.05, 3.63) is 63.7 Å². The second-order valence-electron chi connectivity index (χ2n) is 6.93. The number of nitrogens with zero attached hydrogens (tertiary/aromatic N) is 5. The van der Waals surface area contributed by atoms with Crippen LogP contribution < -0.4 is 10.2 Å². The quantitative estimate of drug-likeness (QED) is 0.675. The molecule has 0 aromatic carbocycles. The predicted octanol–water partition coefficient (Wildman–Crippen LogP) is 1.89. The largest absolute Gasteiger partial charge is 0.471 e. The maximum Gasteiger partial charge on any atom is 0.259 e. The second kappa shape index (κ2) is 7.36. The van der Waals surface area contributed by atoms with Gasteiger partial charge in [-0.3, -0.25) is 9.59 Å². The van der Waals surface area contributed by atoms with E-state index in [0.717, 1.165) is 5.69 Å². The van der Waals surface area contributed by atoms with Crippen LogP contribution in [-0.4, -0.2) is 44.5 Å². The highest BCUT2D eigenvalue weighted by Gasteiger charge is 2.34. The summed E-state index contributed by atoms with van der Waals surface area (Å²) in [5.74, 6) is 0.0916. The van der Waals surface area contributed by atoms with Gasteiger partial charge in [0.25, 0.3) is 5.91 Å². The zero-order valence-electron chi connectivity index (χ0n) is 16.1. The first-order valence-corrected chi connectivity index (χ1v) is 9.33. The number of hydrogen-bond donors (Lipinski definition) is 0. The molecule has 0 radical (unpaired) electrons. The van der Waals surface area contributed by atoms with Gasteiger partial charge in [-0.2, -0.15) is 5.26 Å². The second-order valence-corrected chi connectivity index (χ2v) is 6.93. The van der Waals surface area contributed by atoms with E-state index in [2.05, 4.69) is 9.97 Å². The number of nitriles is 1. The van der Waals surface area contributed by atoms with E-state index in [1.165, 1.54) is 6.20 Å². The molecule has 1 aliphatic rings. The summed E-state index contributed by atoms with van der Waals surface area (Å²) in [6.07, 6.45) is 2.84. The third-order valence-corrected chi connectivity index (χ3v) is 4.92. The fourth-order valence-electron chi connectivity index (χ4n) is 3.29. The first-order valence-electron chi connectivity index (χ1n) is 9.33. The lowest BCUT2D eigenvalue weighted by molar-refractivity contribution is 0.0158. The highest BCUT2D eigenvalue weighted by Crippen LogP contribution is 2.19. The minimum Gasteiger partial charge on any atom is -0.471 e. The van der Waals surface area contributed by atoms with Gasteiger partial charge in [-0.25, -0.2) is 9.97 Å². The first-order chi connectivity index (χ1) is 14.0. The Balaban J connectivity index is 1.51. The molecule has 0 spiro atoms. The number of carbonyl (C=O) groups is 1. The summed E-state index contributed by atoms with van der Waals surface area (Å²) in [6, 6.07) is 8.75. The molecule has 29 heavy (non-hydrogen) atoms. The van der Waals surface area contributed by atoms with E-state index in [-0.39, 0.29) is 23.0 Å². The van der Waals surface area contributed by atoms with Crippen molar-refractivity contribution in [2.75, 3.05) is 13.1 Å². The van der Waals surface area contributed by atoms with Crippen molar-refractivity contribution in [3.63, 3.8) is 0 Å². The van der Waals surface area contributed by atoms with Crippen molar-refractivity contribution >= 4 is 16.9 Å². The Labute approximate surface area is 167 Å². The van der Waals surface area contributed by atoms with Crippen LogP contribution in [0.3, 0.4) is 0 Å². The molecule has 1 amide bonds. The van der Waals surface area contributed by atoms with Crippen LogP contribution in [0, 0.1) is 18.3 Å². The van der Waals surface area contributed by atoms with E-state index in [0.29, 0.717) is 42.1 Å². The van der Waals surface area contributed by atoms with Gasteiger partial charge in [-0.15, -0.1) is 0 Å². The van der Waals surface area contributed by atoms with Crippen molar-refractivity contribution < 1.29 is 9.53 Å². The van der Waals surface area contributed by atoms with E-state index in [4.69, 9.17) is 10.00 Å². The van der Waals surface area contributed by atoms with Crippen molar-refractivity contribution in [3.8, 4) is 11.9 Å². The Kier molecular flexibility index (Phi) is 4.72. The van der Waals surface area contributed by atoms with Gasteiger partial charge in [0.15, 0.2) is 0 Å². The summed E-state index contributed by atoms with van der Waals surface area (Å²) in [7, 11) is 0. The van der Waals surface area contributed by atoms with Crippen LogP contribution in [0.2, 0.25) is 0 Å². The molecule has 0 unspecified atom stereocenters. The lowest BCUT2D eigenvalue weighted by Crippen LogP contribution is -2.56. The molecule has 0 bridgehead atoms. The van der Waals surface area contributed by atoms with Gasteiger partial charge in [0, 0.05) is 30.7 Å². The first kappa shape index (κ1) is 18.6. The number of ether oxygens (including phenoxy) is 1. The number of rotatable bonds is 4. The van der Waals surface area contributed by atoms with Crippen LogP contribution in [0.4, 0.5) is 0 Å². The summed E-state index contributed by atoms with van der Waals surface area (Å²) in [4.78, 5) is 35.9. The molecule has 0 aliphatic carbocycles. The monoisotopic (exact) mass is 389 g/mol. The smallest absolute Gasteiger partial charge is 0.259 e. The topological polar surface area (TPSA) is 101 Å². The van der Waals surface area contributed by atoms with Gasteiger partial charge in [-0.05, 0) is 32.0 Å². The van der Waals surface area contributed by atoms with Crippen molar-refractivity contribution in [2.45, 2.75) is 26.5 Å². The van der Waals surface area contributed by atoms with E-state index >= 15 is 0 Å². The minimum atomic E-state index is -0.313. The highest BCUT2D eigenvalue weighted by atomic mass is 16.5. The summed E-state index contributed by atoms with van der Waals surface area (Å²) in [5.41, 5.74) is 1.69. The minimum absolute atomic E-state index is 0.139. The standard InChI is InChI=1S/C21H19N5O3/c1-3-25-12-17(19(27)16-6-4-13(2)24-20(16)25)21(28)26-10-15(11-26)29-18-7-5-14(8-22)9-23-18/h4-7,9,12,15H,3,10-11H2,1-2H3. The Morgan fingerprint density at radius 2 is 2.10 bits per heavy atom. The molecule has 146 valence electrons. The molecule has 8 heteroatoms. The molecule has 0 atom stereocenters. The molecule has 1 saturated heterocycles. The summed E-state index contributed by atoms with van der Waals surface area (Å²) < 4.78 is 7.54. The Bertz CT molecular complexity index is 1190. The molecule has 3 aromatic heterocycles. The van der Waals surface area contributed by atoms with Crippen LogP contribution >= 0.6 is 0 Å². The summed E-state index contributed by atoms with van der Waals surface area (Å²) in [6.45, 7) is 5.16. The predicted molar refractivity (Wildman–Crippen MR) is 106 cm³/mol. The van der Waals surface area contributed by atoms with Crippen LogP contribution in [0.15, 0.2) is 41.5 Å². The van der Waals surface area contributed by atoms with E-state index in [1.54, 1.807) is 35.4 Å². The lowest BCUT2D eigenvalue weighted by Gasteiger charge is -2.38. The fraction of sp³-hybridized carbons (Fsp3) is 0.286. The van der Waals surface area contributed by atoms with E-state index < -0.39 is 0 Å². The molecule has 0 N–H and O–H groups in total. The molecule has 4 heterocycles. The molecular weight excluding hydrogens is 370 g/mol. The molecule has 1 fully saturated rings. The van der Waals surface area contributed by atoms with Crippen LogP contribution in [0.5, 0.6) is 5.88 Å². The van der Waals surface area contributed by atoms with Crippen molar-refractivity contribution in [2.24, 2.45) is 0 Å². The molecule has 1 aliphatic heterocycles. The number of carbonyl (C=O) groups excluding carboxylic acids is 1. The van der Waals surface area contributed by atoms with Gasteiger partial charge in [-0.1, -0.05) is 0 Å². The number of fused-ring (bicyclic) bond motifs is 1. The third-order valence-electron chi connectivity index (χ3n) is 4.92. The summed E-state index contributed by atoms with van der Waals surface area (Å²) in [5, 5.41) is 9.25. The van der Waals surface area contributed by atoms with Gasteiger partial charge >= 0.3 is 0 Å². The maximum absolute atomic E-state index is 12.9. The Hall–Kier alpha value is -3.73.